The number of hydrogen-bond acceptors (Lipinski definition) is 3. The van der Waals surface area contributed by atoms with Crippen LogP contribution in [0.3, 0.4) is 0 Å². The number of rotatable bonds is 6. The van der Waals surface area contributed by atoms with Gasteiger partial charge in [0.1, 0.15) is 0 Å². The first-order chi connectivity index (χ1) is 14.8. The quantitative estimate of drug-likeness (QED) is 0.327. The molecule has 0 aliphatic heterocycles. The van der Waals surface area contributed by atoms with Gasteiger partial charge in [0.05, 0.1) is 6.21 Å². The van der Waals surface area contributed by atoms with Crippen LogP contribution in [0.1, 0.15) is 15.9 Å². The van der Waals surface area contributed by atoms with E-state index in [9.17, 15) is 4.79 Å². The standard InChI is InChI=1S/C26H21N3O/c30-26(22-10-4-1-5-11-22)28-27-20-21-16-18-25(19-17-21)29(23-12-6-2-7-13-23)24-14-8-3-9-15-24/h1-20H,(H,28,30)/b27-20-. The molecule has 0 atom stereocenters. The third kappa shape index (κ3) is 4.62. The van der Waals surface area contributed by atoms with Crippen LogP contribution in [0, 0.1) is 0 Å². The maximum Gasteiger partial charge on any atom is 0.271 e. The van der Waals surface area contributed by atoms with Crippen LogP contribution < -0.4 is 10.3 Å². The second-order valence-corrected chi connectivity index (χ2v) is 6.66. The van der Waals surface area contributed by atoms with E-state index in [1.165, 1.54) is 0 Å². The van der Waals surface area contributed by atoms with Crippen molar-refractivity contribution in [2.24, 2.45) is 5.10 Å². The van der Waals surface area contributed by atoms with Crippen LogP contribution in [0.4, 0.5) is 17.1 Å². The number of anilines is 3. The molecule has 30 heavy (non-hydrogen) atoms. The highest BCUT2D eigenvalue weighted by Gasteiger charge is 2.11. The minimum Gasteiger partial charge on any atom is -0.311 e. The van der Waals surface area contributed by atoms with E-state index in [0.717, 1.165) is 22.6 Å². The number of benzene rings is 4. The normalized spacial score (nSPS) is 10.7. The predicted molar refractivity (Wildman–Crippen MR) is 123 cm³/mol. The van der Waals surface area contributed by atoms with Gasteiger partial charge in [0.25, 0.3) is 5.91 Å². The minimum absolute atomic E-state index is 0.234. The van der Waals surface area contributed by atoms with E-state index >= 15 is 0 Å². The lowest BCUT2D eigenvalue weighted by Gasteiger charge is -2.25. The van der Waals surface area contributed by atoms with Gasteiger partial charge in [-0.15, -0.1) is 0 Å². The maximum atomic E-state index is 12.1. The van der Waals surface area contributed by atoms with Crippen molar-refractivity contribution in [1.82, 2.24) is 5.43 Å². The van der Waals surface area contributed by atoms with Gasteiger partial charge in [-0.25, -0.2) is 5.43 Å². The lowest BCUT2D eigenvalue weighted by Crippen LogP contribution is -2.17. The van der Waals surface area contributed by atoms with Crippen LogP contribution in [-0.2, 0) is 0 Å². The number of amides is 1. The van der Waals surface area contributed by atoms with Gasteiger partial charge in [0.2, 0.25) is 0 Å². The number of para-hydroxylation sites is 2. The first kappa shape index (κ1) is 19.2. The summed E-state index contributed by atoms with van der Waals surface area (Å²) in [6, 6.07) is 37.5. The van der Waals surface area contributed by atoms with Crippen molar-refractivity contribution in [2.75, 3.05) is 4.90 Å². The van der Waals surface area contributed by atoms with Gasteiger partial charge in [0.15, 0.2) is 0 Å². The number of hydrazone groups is 1. The van der Waals surface area contributed by atoms with Crippen molar-refractivity contribution >= 4 is 29.2 Å². The highest BCUT2D eigenvalue weighted by atomic mass is 16.2. The van der Waals surface area contributed by atoms with Gasteiger partial charge in [-0.05, 0) is 54.1 Å². The molecule has 4 rings (SSSR count). The molecule has 4 aromatic rings. The molecule has 0 spiro atoms. The number of carbonyl (C=O) groups is 1. The van der Waals surface area contributed by atoms with Crippen LogP contribution in [0.25, 0.3) is 0 Å². The lowest BCUT2D eigenvalue weighted by atomic mass is 10.1. The van der Waals surface area contributed by atoms with Crippen LogP contribution >= 0.6 is 0 Å². The molecule has 0 aromatic heterocycles. The van der Waals surface area contributed by atoms with Crippen LogP contribution in [0.15, 0.2) is 120 Å². The Morgan fingerprint density at radius 3 is 1.63 bits per heavy atom. The fourth-order valence-corrected chi connectivity index (χ4v) is 3.13. The third-order valence-electron chi connectivity index (χ3n) is 4.60. The second-order valence-electron chi connectivity index (χ2n) is 6.66. The highest BCUT2D eigenvalue weighted by Crippen LogP contribution is 2.33. The van der Waals surface area contributed by atoms with E-state index < -0.39 is 0 Å². The largest absolute Gasteiger partial charge is 0.311 e. The summed E-state index contributed by atoms with van der Waals surface area (Å²) in [6.07, 6.45) is 1.64. The molecule has 0 radical (unpaired) electrons. The number of nitrogens with zero attached hydrogens (tertiary/aromatic N) is 2. The van der Waals surface area contributed by atoms with E-state index in [1.807, 2.05) is 78.9 Å². The minimum atomic E-state index is -0.234. The molecular weight excluding hydrogens is 370 g/mol. The molecule has 146 valence electrons. The van der Waals surface area contributed by atoms with E-state index in [0.29, 0.717) is 5.56 Å². The Hall–Kier alpha value is -4.18. The van der Waals surface area contributed by atoms with Gasteiger partial charge in [0, 0.05) is 22.6 Å². The monoisotopic (exact) mass is 391 g/mol. The molecule has 0 saturated heterocycles. The summed E-state index contributed by atoms with van der Waals surface area (Å²) in [7, 11) is 0. The molecule has 0 fully saturated rings. The van der Waals surface area contributed by atoms with Crippen molar-refractivity contribution in [1.29, 1.82) is 0 Å². The number of carbonyl (C=O) groups excluding carboxylic acids is 1. The second kappa shape index (κ2) is 9.34. The maximum absolute atomic E-state index is 12.1. The zero-order valence-electron chi connectivity index (χ0n) is 16.3. The zero-order valence-corrected chi connectivity index (χ0v) is 16.3. The Morgan fingerprint density at radius 2 is 1.10 bits per heavy atom. The molecule has 0 heterocycles. The van der Waals surface area contributed by atoms with Gasteiger partial charge in [-0.2, -0.15) is 5.10 Å². The van der Waals surface area contributed by atoms with Gasteiger partial charge in [-0.1, -0.05) is 66.7 Å². The zero-order chi connectivity index (χ0) is 20.6. The Labute approximate surface area is 176 Å². The van der Waals surface area contributed by atoms with E-state index in [4.69, 9.17) is 0 Å². The van der Waals surface area contributed by atoms with Crippen molar-refractivity contribution in [3.05, 3.63) is 126 Å². The SMILES string of the molecule is O=C(N/N=C\c1ccc(N(c2ccccc2)c2ccccc2)cc1)c1ccccc1. The Balaban J connectivity index is 1.52. The highest BCUT2D eigenvalue weighted by molar-refractivity contribution is 5.94. The first-order valence-corrected chi connectivity index (χ1v) is 9.70. The van der Waals surface area contributed by atoms with E-state index in [1.54, 1.807) is 18.3 Å². The molecule has 4 aromatic carbocycles. The molecule has 0 saturated carbocycles. The summed E-state index contributed by atoms with van der Waals surface area (Å²) in [4.78, 5) is 14.3. The average Bonchev–Trinajstić information content (AvgIpc) is 2.82. The average molecular weight is 391 g/mol. The number of nitrogens with one attached hydrogen (secondary N) is 1. The molecule has 0 unspecified atom stereocenters. The number of hydrogen-bond donors (Lipinski definition) is 1. The Morgan fingerprint density at radius 1 is 0.633 bits per heavy atom. The summed E-state index contributed by atoms with van der Waals surface area (Å²) in [6.45, 7) is 0. The van der Waals surface area contributed by atoms with Gasteiger partial charge in [-0.3, -0.25) is 4.79 Å². The molecule has 1 amide bonds. The lowest BCUT2D eigenvalue weighted by molar-refractivity contribution is 0.0955. The third-order valence-corrected chi connectivity index (χ3v) is 4.60. The van der Waals surface area contributed by atoms with Crippen LogP contribution in [-0.4, -0.2) is 12.1 Å². The van der Waals surface area contributed by atoms with Crippen molar-refractivity contribution < 1.29 is 4.79 Å². The molecule has 4 nitrogen and oxygen atoms in total. The van der Waals surface area contributed by atoms with Gasteiger partial charge < -0.3 is 4.90 Å². The van der Waals surface area contributed by atoms with Crippen molar-refractivity contribution in [3.63, 3.8) is 0 Å². The summed E-state index contributed by atoms with van der Waals surface area (Å²) < 4.78 is 0. The molecular formula is C26H21N3O. The van der Waals surface area contributed by atoms with Crippen LogP contribution in [0.5, 0.6) is 0 Å². The fourth-order valence-electron chi connectivity index (χ4n) is 3.13. The van der Waals surface area contributed by atoms with Crippen LogP contribution in [0.2, 0.25) is 0 Å². The van der Waals surface area contributed by atoms with Gasteiger partial charge >= 0.3 is 0 Å². The molecule has 0 bridgehead atoms. The Kier molecular flexibility index (Phi) is 5.97. The Bertz CT molecular complexity index is 1070. The summed E-state index contributed by atoms with van der Waals surface area (Å²) in [5.74, 6) is -0.234. The summed E-state index contributed by atoms with van der Waals surface area (Å²) in [5.41, 5.74) is 7.24. The first-order valence-electron chi connectivity index (χ1n) is 9.70. The van der Waals surface area contributed by atoms with Crippen molar-refractivity contribution in [2.45, 2.75) is 0 Å². The fraction of sp³-hybridized carbons (Fsp3) is 0. The summed E-state index contributed by atoms with van der Waals surface area (Å²) in [5, 5.41) is 4.07. The topological polar surface area (TPSA) is 44.7 Å². The van der Waals surface area contributed by atoms with E-state index in [-0.39, 0.29) is 5.91 Å². The molecule has 1 N–H and O–H groups in total. The molecule has 4 heteroatoms. The predicted octanol–water partition coefficient (Wildman–Crippen LogP) is 5.92. The summed E-state index contributed by atoms with van der Waals surface area (Å²) >= 11 is 0. The smallest absolute Gasteiger partial charge is 0.271 e. The van der Waals surface area contributed by atoms with Crippen molar-refractivity contribution in [3.8, 4) is 0 Å². The van der Waals surface area contributed by atoms with E-state index in [2.05, 4.69) is 39.7 Å². The molecule has 0 aliphatic carbocycles. The molecule has 0 aliphatic rings.